The number of sulfonamides is 1. The molecule has 40 heavy (non-hydrogen) atoms. The minimum absolute atomic E-state index is 0.0787. The summed E-state index contributed by atoms with van der Waals surface area (Å²) < 4.78 is 46.4. The Balaban J connectivity index is 1.46. The summed E-state index contributed by atoms with van der Waals surface area (Å²) in [6.45, 7) is 2.98. The van der Waals surface area contributed by atoms with Crippen molar-refractivity contribution >= 4 is 43.5 Å². The number of hydrogen-bond donors (Lipinski definition) is 0. The molecular formula is C28H27N3O7S2. The van der Waals surface area contributed by atoms with E-state index < -0.39 is 21.9 Å². The van der Waals surface area contributed by atoms with E-state index in [9.17, 15) is 18.0 Å². The first-order chi connectivity index (χ1) is 19.3. The Hall–Kier alpha value is -4.00. The van der Waals surface area contributed by atoms with Crippen LogP contribution in [-0.4, -0.2) is 56.0 Å². The van der Waals surface area contributed by atoms with E-state index in [1.54, 1.807) is 23.6 Å². The maximum atomic E-state index is 13.3. The van der Waals surface area contributed by atoms with Crippen molar-refractivity contribution in [2.24, 2.45) is 4.99 Å². The van der Waals surface area contributed by atoms with Crippen LogP contribution in [0.15, 0.2) is 76.6 Å². The predicted molar refractivity (Wildman–Crippen MR) is 149 cm³/mol. The summed E-state index contributed by atoms with van der Waals surface area (Å²) in [4.78, 5) is 29.9. The highest BCUT2D eigenvalue weighted by molar-refractivity contribution is 7.89. The first kappa shape index (κ1) is 27.6. The Bertz CT molecular complexity index is 1730. The van der Waals surface area contributed by atoms with Gasteiger partial charge in [-0.05, 0) is 29.8 Å². The summed E-state index contributed by atoms with van der Waals surface area (Å²) in [7, 11) is -2.50. The fourth-order valence-electron chi connectivity index (χ4n) is 4.26. The second-order valence-corrected chi connectivity index (χ2v) is 11.8. The number of amides is 1. The third-order valence-corrected chi connectivity index (χ3v) is 9.33. The van der Waals surface area contributed by atoms with E-state index in [2.05, 4.69) is 4.99 Å². The van der Waals surface area contributed by atoms with Gasteiger partial charge in [0.1, 0.15) is 19.8 Å². The van der Waals surface area contributed by atoms with Gasteiger partial charge in [-0.25, -0.2) is 8.42 Å². The van der Waals surface area contributed by atoms with Gasteiger partial charge in [0, 0.05) is 30.8 Å². The lowest BCUT2D eigenvalue weighted by Crippen LogP contribution is -2.30. The third-order valence-electron chi connectivity index (χ3n) is 6.35. The van der Waals surface area contributed by atoms with Crippen LogP contribution >= 0.6 is 11.3 Å². The van der Waals surface area contributed by atoms with Crippen LogP contribution in [0.5, 0.6) is 11.5 Å². The number of fused-ring (bicyclic) bond motifs is 2. The predicted octanol–water partition coefficient (Wildman–Crippen LogP) is 3.60. The molecule has 1 aliphatic rings. The van der Waals surface area contributed by atoms with Gasteiger partial charge >= 0.3 is 5.97 Å². The maximum absolute atomic E-state index is 13.3. The molecule has 12 heteroatoms. The molecule has 10 nitrogen and oxygen atoms in total. The molecule has 0 spiro atoms. The normalized spacial score (nSPS) is 13.5. The van der Waals surface area contributed by atoms with Gasteiger partial charge in [0.15, 0.2) is 16.3 Å². The molecule has 0 aliphatic carbocycles. The molecule has 0 atom stereocenters. The van der Waals surface area contributed by atoms with Crippen molar-refractivity contribution in [3.63, 3.8) is 0 Å². The molecule has 0 saturated heterocycles. The van der Waals surface area contributed by atoms with Crippen LogP contribution in [0.25, 0.3) is 10.2 Å². The number of methoxy groups -OCH3 is 1. The first-order valence-corrected chi connectivity index (χ1v) is 14.8. The summed E-state index contributed by atoms with van der Waals surface area (Å²) in [6, 6.07) is 18.6. The van der Waals surface area contributed by atoms with Crippen LogP contribution in [0.1, 0.15) is 22.8 Å². The molecule has 1 amide bonds. The van der Waals surface area contributed by atoms with E-state index in [1.165, 1.54) is 47.0 Å². The number of thiazole rings is 1. The standard InChI is InChI=1S/C28H27N3O7S2/c1-3-30(17-19-7-5-4-6-8-19)40(34,35)21-11-9-20(10-12-21)27(33)29-28-31(18-26(32)36-2)22-15-23-24(16-25(22)39-28)38-14-13-37-23/h4-12,15-16H,3,13-14,17-18H2,1-2H3. The fourth-order valence-corrected chi connectivity index (χ4v) is 6.74. The van der Waals surface area contributed by atoms with Crippen LogP contribution in [0.3, 0.4) is 0 Å². The zero-order valence-electron chi connectivity index (χ0n) is 21.9. The number of esters is 1. The summed E-state index contributed by atoms with van der Waals surface area (Å²) in [5.41, 5.74) is 1.73. The van der Waals surface area contributed by atoms with Crippen molar-refractivity contribution in [1.82, 2.24) is 8.87 Å². The first-order valence-electron chi connectivity index (χ1n) is 12.5. The fraction of sp³-hybridized carbons (Fsp3) is 0.250. The highest BCUT2D eigenvalue weighted by Gasteiger charge is 2.24. The SMILES string of the molecule is CCN(Cc1ccccc1)S(=O)(=O)c1ccc(C(=O)N=c2sc3cc4c(cc3n2CC(=O)OC)OCCO4)cc1. The molecule has 3 aromatic carbocycles. The number of hydrogen-bond acceptors (Lipinski definition) is 8. The number of benzene rings is 3. The summed E-state index contributed by atoms with van der Waals surface area (Å²) in [5.74, 6) is 0.0311. The molecule has 0 radical (unpaired) electrons. The number of rotatable bonds is 8. The quantitative estimate of drug-likeness (QED) is 0.292. The second-order valence-electron chi connectivity index (χ2n) is 8.87. The minimum atomic E-state index is -3.79. The Morgan fingerprint density at radius 3 is 2.35 bits per heavy atom. The molecule has 0 unspecified atom stereocenters. The number of aromatic nitrogens is 1. The van der Waals surface area contributed by atoms with Gasteiger partial charge in [-0.2, -0.15) is 9.30 Å². The van der Waals surface area contributed by atoms with Gasteiger partial charge < -0.3 is 18.8 Å². The van der Waals surface area contributed by atoms with Gasteiger partial charge in [0.25, 0.3) is 5.91 Å². The average Bonchev–Trinajstić information content (AvgIpc) is 3.29. The lowest BCUT2D eigenvalue weighted by Gasteiger charge is -2.20. The maximum Gasteiger partial charge on any atom is 0.325 e. The van der Waals surface area contributed by atoms with Crippen LogP contribution in [0.2, 0.25) is 0 Å². The van der Waals surface area contributed by atoms with Crippen molar-refractivity contribution in [2.45, 2.75) is 24.9 Å². The van der Waals surface area contributed by atoms with Crippen molar-refractivity contribution in [1.29, 1.82) is 0 Å². The second kappa shape index (κ2) is 11.6. The van der Waals surface area contributed by atoms with Gasteiger partial charge in [-0.1, -0.05) is 48.6 Å². The van der Waals surface area contributed by atoms with E-state index in [-0.39, 0.29) is 28.3 Å². The molecule has 0 bridgehead atoms. The molecule has 208 valence electrons. The number of carbonyl (C=O) groups is 2. The van der Waals surface area contributed by atoms with Crippen LogP contribution in [0, 0.1) is 0 Å². The highest BCUT2D eigenvalue weighted by Crippen LogP contribution is 2.35. The van der Waals surface area contributed by atoms with Crippen molar-refractivity contribution in [3.05, 3.63) is 82.7 Å². The molecule has 1 aromatic heterocycles. The number of ether oxygens (including phenoxy) is 3. The summed E-state index contributed by atoms with van der Waals surface area (Å²) >= 11 is 1.22. The zero-order valence-corrected chi connectivity index (χ0v) is 23.5. The molecule has 0 saturated carbocycles. The average molecular weight is 582 g/mol. The molecule has 5 rings (SSSR count). The van der Waals surface area contributed by atoms with Crippen LogP contribution in [0.4, 0.5) is 0 Å². The Morgan fingerprint density at radius 2 is 1.70 bits per heavy atom. The van der Waals surface area contributed by atoms with E-state index in [0.29, 0.717) is 36.8 Å². The Morgan fingerprint density at radius 1 is 1.02 bits per heavy atom. The van der Waals surface area contributed by atoms with E-state index in [4.69, 9.17) is 14.2 Å². The van der Waals surface area contributed by atoms with Gasteiger partial charge in [0.2, 0.25) is 10.0 Å². The Labute approximate surface area is 235 Å². The molecular weight excluding hydrogens is 554 g/mol. The zero-order chi connectivity index (χ0) is 28.3. The van der Waals surface area contributed by atoms with Gasteiger partial charge in [-0.15, -0.1) is 0 Å². The third kappa shape index (κ3) is 5.64. The topological polar surface area (TPSA) is 117 Å². The molecule has 2 heterocycles. The largest absolute Gasteiger partial charge is 0.486 e. The van der Waals surface area contributed by atoms with E-state index in [1.807, 2.05) is 30.3 Å². The number of carbonyl (C=O) groups excluding carboxylic acids is 2. The molecule has 0 N–H and O–H groups in total. The van der Waals surface area contributed by atoms with E-state index >= 15 is 0 Å². The van der Waals surface area contributed by atoms with Gasteiger partial charge in [-0.3, -0.25) is 9.59 Å². The molecule has 4 aromatic rings. The summed E-state index contributed by atoms with van der Waals surface area (Å²) in [5, 5.41) is 0. The van der Waals surface area contributed by atoms with Crippen molar-refractivity contribution in [2.75, 3.05) is 26.9 Å². The van der Waals surface area contributed by atoms with Crippen molar-refractivity contribution < 1.29 is 32.2 Å². The lowest BCUT2D eigenvalue weighted by molar-refractivity contribution is -0.141. The van der Waals surface area contributed by atoms with E-state index in [0.717, 1.165) is 10.3 Å². The van der Waals surface area contributed by atoms with Crippen LogP contribution in [-0.2, 0) is 32.6 Å². The minimum Gasteiger partial charge on any atom is -0.486 e. The monoisotopic (exact) mass is 581 g/mol. The Kier molecular flexibility index (Phi) is 8.01. The van der Waals surface area contributed by atoms with Crippen molar-refractivity contribution in [3.8, 4) is 11.5 Å². The molecule has 0 fully saturated rings. The smallest absolute Gasteiger partial charge is 0.325 e. The highest BCUT2D eigenvalue weighted by atomic mass is 32.2. The number of nitrogens with zero attached hydrogens (tertiary/aromatic N) is 3. The van der Waals surface area contributed by atoms with Gasteiger partial charge in [0.05, 0.1) is 22.2 Å². The summed E-state index contributed by atoms with van der Waals surface area (Å²) in [6.07, 6.45) is 0. The lowest BCUT2D eigenvalue weighted by atomic mass is 10.2. The molecule has 1 aliphatic heterocycles. The van der Waals surface area contributed by atoms with Crippen LogP contribution < -0.4 is 14.3 Å².